The van der Waals surface area contributed by atoms with E-state index in [0.717, 1.165) is 23.6 Å². The van der Waals surface area contributed by atoms with Crippen LogP contribution in [0.3, 0.4) is 0 Å². The van der Waals surface area contributed by atoms with Crippen LogP contribution in [0.15, 0.2) is 6.07 Å². The number of fused-ring (bicyclic) bond motifs is 1. The minimum atomic E-state index is -4.57. The number of rotatable bonds is 7. The molecule has 2 aromatic rings. The highest BCUT2D eigenvalue weighted by Gasteiger charge is 2.40. The van der Waals surface area contributed by atoms with Gasteiger partial charge < -0.3 is 5.32 Å². The van der Waals surface area contributed by atoms with E-state index < -0.39 is 29.6 Å². The number of carbonyl (C=O) groups is 1. The molecule has 2 heterocycles. The Hall–Kier alpha value is -2.53. The van der Waals surface area contributed by atoms with Crippen LogP contribution in [0.5, 0.6) is 0 Å². The van der Waals surface area contributed by atoms with Crippen LogP contribution in [-0.2, 0) is 43.1 Å². The molecule has 1 amide bonds. The van der Waals surface area contributed by atoms with Crippen LogP contribution >= 0.6 is 0 Å². The van der Waals surface area contributed by atoms with E-state index in [1.807, 2.05) is 0 Å². The van der Waals surface area contributed by atoms with E-state index >= 15 is 0 Å². The lowest BCUT2D eigenvalue weighted by Gasteiger charge is -2.15. The molecule has 2 aromatic heterocycles. The SMILES string of the molecule is C[C@@H](CNC(=O)Cn1nc(C(F)(F)F)c2c1CCC2)Cn1nc(C(F)(F)F)cc1C1CC1. The van der Waals surface area contributed by atoms with Gasteiger partial charge in [0.15, 0.2) is 11.4 Å². The maximum Gasteiger partial charge on any atom is 0.435 e. The Labute approximate surface area is 180 Å². The lowest BCUT2D eigenvalue weighted by atomic mass is 10.1. The molecular formula is C20H23F6N5O. The summed E-state index contributed by atoms with van der Waals surface area (Å²) in [6.07, 6.45) is -6.14. The van der Waals surface area contributed by atoms with Crippen molar-refractivity contribution in [2.75, 3.05) is 6.54 Å². The number of hydrogen-bond donors (Lipinski definition) is 1. The Balaban J connectivity index is 1.36. The molecular weight excluding hydrogens is 440 g/mol. The lowest BCUT2D eigenvalue weighted by molar-refractivity contribution is -0.142. The molecule has 32 heavy (non-hydrogen) atoms. The Morgan fingerprint density at radius 1 is 1.12 bits per heavy atom. The number of halogens is 6. The van der Waals surface area contributed by atoms with Gasteiger partial charge in [-0.25, -0.2) is 0 Å². The molecule has 0 spiro atoms. The van der Waals surface area contributed by atoms with E-state index in [1.54, 1.807) is 6.92 Å². The van der Waals surface area contributed by atoms with Gasteiger partial charge >= 0.3 is 12.4 Å². The lowest BCUT2D eigenvalue weighted by Crippen LogP contribution is -2.33. The van der Waals surface area contributed by atoms with Gasteiger partial charge in [-0.2, -0.15) is 36.5 Å². The van der Waals surface area contributed by atoms with Crippen molar-refractivity contribution in [1.82, 2.24) is 24.9 Å². The van der Waals surface area contributed by atoms with Crippen molar-refractivity contribution in [2.45, 2.75) is 70.4 Å². The van der Waals surface area contributed by atoms with Crippen molar-refractivity contribution in [3.05, 3.63) is 34.4 Å². The molecule has 1 fully saturated rings. The number of alkyl halides is 6. The summed E-state index contributed by atoms with van der Waals surface area (Å²) < 4.78 is 81.0. The number of aromatic nitrogens is 4. The monoisotopic (exact) mass is 463 g/mol. The zero-order valence-corrected chi connectivity index (χ0v) is 17.4. The first-order valence-electron chi connectivity index (χ1n) is 10.5. The average molecular weight is 463 g/mol. The molecule has 6 nitrogen and oxygen atoms in total. The molecule has 2 aliphatic carbocycles. The van der Waals surface area contributed by atoms with Gasteiger partial charge in [0, 0.05) is 36.0 Å². The number of nitrogens with one attached hydrogen (secondary N) is 1. The first-order chi connectivity index (χ1) is 14.9. The Morgan fingerprint density at radius 3 is 2.47 bits per heavy atom. The van der Waals surface area contributed by atoms with Gasteiger partial charge in [-0.15, -0.1) is 0 Å². The van der Waals surface area contributed by atoms with Crippen molar-refractivity contribution in [3.8, 4) is 0 Å². The zero-order chi connectivity index (χ0) is 23.3. The summed E-state index contributed by atoms with van der Waals surface area (Å²) in [7, 11) is 0. The fourth-order valence-electron chi connectivity index (χ4n) is 4.13. The quantitative estimate of drug-likeness (QED) is 0.633. The van der Waals surface area contributed by atoms with Gasteiger partial charge in [-0.05, 0) is 44.1 Å². The van der Waals surface area contributed by atoms with E-state index in [9.17, 15) is 31.1 Å². The van der Waals surface area contributed by atoms with Gasteiger partial charge in [0.2, 0.25) is 5.91 Å². The molecule has 1 saturated carbocycles. The summed E-state index contributed by atoms with van der Waals surface area (Å²) in [4.78, 5) is 12.3. The second-order valence-electron chi connectivity index (χ2n) is 8.60. The van der Waals surface area contributed by atoms with Gasteiger partial charge in [0.05, 0.1) is 0 Å². The molecule has 1 N–H and O–H groups in total. The fourth-order valence-corrected chi connectivity index (χ4v) is 4.13. The summed E-state index contributed by atoms with van der Waals surface area (Å²) in [6.45, 7) is 1.77. The second kappa shape index (κ2) is 8.11. The summed E-state index contributed by atoms with van der Waals surface area (Å²) in [5.74, 6) is -0.654. The molecule has 0 bridgehead atoms. The van der Waals surface area contributed by atoms with Crippen LogP contribution in [0.25, 0.3) is 0 Å². The highest BCUT2D eigenvalue weighted by Crippen LogP contribution is 2.42. The summed E-state index contributed by atoms with van der Waals surface area (Å²) in [5, 5.41) is 9.96. The standard InChI is InChI=1S/C20H23F6N5O/c1-11(9-30-15(12-5-6-12)7-16(28-30)19(21,22)23)8-27-17(32)10-31-14-4-2-3-13(14)18(29-31)20(24,25)26/h7,11-12H,2-6,8-10H2,1H3,(H,27,32)/t11-/m0/s1. The second-order valence-corrected chi connectivity index (χ2v) is 8.60. The molecule has 0 saturated heterocycles. The van der Waals surface area contributed by atoms with Crippen molar-refractivity contribution in [1.29, 1.82) is 0 Å². The highest BCUT2D eigenvalue weighted by atomic mass is 19.4. The third-order valence-electron chi connectivity index (χ3n) is 5.80. The molecule has 0 aliphatic heterocycles. The third kappa shape index (κ3) is 4.78. The van der Waals surface area contributed by atoms with E-state index in [2.05, 4.69) is 15.5 Å². The number of hydrogen-bond acceptors (Lipinski definition) is 3. The van der Waals surface area contributed by atoms with Gasteiger partial charge in [0.1, 0.15) is 6.54 Å². The van der Waals surface area contributed by atoms with Crippen LogP contribution < -0.4 is 5.32 Å². The first-order valence-corrected chi connectivity index (χ1v) is 10.5. The Morgan fingerprint density at radius 2 is 1.84 bits per heavy atom. The Bertz CT molecular complexity index is 1000. The summed E-state index contributed by atoms with van der Waals surface area (Å²) in [5.41, 5.74) is -0.722. The molecule has 4 rings (SSSR count). The van der Waals surface area contributed by atoms with Crippen molar-refractivity contribution in [3.63, 3.8) is 0 Å². The first kappa shape index (κ1) is 22.7. The molecule has 0 unspecified atom stereocenters. The van der Waals surface area contributed by atoms with Crippen molar-refractivity contribution < 1.29 is 31.1 Å². The van der Waals surface area contributed by atoms with E-state index in [-0.39, 0.29) is 43.5 Å². The largest absolute Gasteiger partial charge is 0.435 e. The van der Waals surface area contributed by atoms with Crippen LogP contribution in [0.2, 0.25) is 0 Å². The topological polar surface area (TPSA) is 64.7 Å². The van der Waals surface area contributed by atoms with Crippen molar-refractivity contribution in [2.24, 2.45) is 5.92 Å². The smallest absolute Gasteiger partial charge is 0.354 e. The zero-order valence-electron chi connectivity index (χ0n) is 17.4. The maximum atomic E-state index is 13.2. The predicted molar refractivity (Wildman–Crippen MR) is 101 cm³/mol. The predicted octanol–water partition coefficient (Wildman–Crippen LogP) is 3.94. The number of carbonyl (C=O) groups excluding carboxylic acids is 1. The highest BCUT2D eigenvalue weighted by molar-refractivity contribution is 5.75. The van der Waals surface area contributed by atoms with E-state index in [4.69, 9.17) is 0 Å². The van der Waals surface area contributed by atoms with E-state index in [0.29, 0.717) is 24.2 Å². The van der Waals surface area contributed by atoms with Crippen LogP contribution in [0, 0.1) is 5.92 Å². The summed E-state index contributed by atoms with van der Waals surface area (Å²) in [6, 6.07) is 1.08. The molecule has 0 radical (unpaired) electrons. The van der Waals surface area contributed by atoms with Gasteiger partial charge in [-0.3, -0.25) is 14.2 Å². The number of amides is 1. The number of nitrogens with zero attached hydrogens (tertiary/aromatic N) is 4. The molecule has 12 heteroatoms. The minimum absolute atomic E-state index is 0.0742. The molecule has 176 valence electrons. The van der Waals surface area contributed by atoms with Crippen LogP contribution in [-0.4, -0.2) is 32.0 Å². The minimum Gasteiger partial charge on any atom is -0.354 e. The molecule has 2 aliphatic rings. The average Bonchev–Trinajstić information content (AvgIpc) is 3.09. The van der Waals surface area contributed by atoms with E-state index in [1.165, 1.54) is 4.68 Å². The maximum absolute atomic E-state index is 13.2. The normalized spacial score (nSPS) is 17.5. The third-order valence-corrected chi connectivity index (χ3v) is 5.80. The van der Waals surface area contributed by atoms with Crippen LogP contribution in [0.4, 0.5) is 26.3 Å². The summed E-state index contributed by atoms with van der Waals surface area (Å²) >= 11 is 0. The van der Waals surface area contributed by atoms with Gasteiger partial charge in [-0.1, -0.05) is 6.92 Å². The Kier molecular flexibility index (Phi) is 5.74. The molecule has 0 aromatic carbocycles. The van der Waals surface area contributed by atoms with Crippen molar-refractivity contribution >= 4 is 5.91 Å². The molecule has 1 atom stereocenters. The van der Waals surface area contributed by atoms with Gasteiger partial charge in [0.25, 0.3) is 0 Å². The van der Waals surface area contributed by atoms with Crippen LogP contribution in [0.1, 0.15) is 60.4 Å². The fraction of sp³-hybridized carbons (Fsp3) is 0.650.